The number of hydrogen-bond donors (Lipinski definition) is 4. The number of nitrogens with zero attached hydrogens (tertiary/aromatic N) is 4. The molecule has 0 fully saturated rings. The molecule has 4 amide bonds. The molecule has 0 radical (unpaired) electrons. The first kappa shape index (κ1) is 69.1. The Labute approximate surface area is 466 Å². The maximum absolute atomic E-state index is 12.2. The number of benzene rings is 4. The zero-order valence-corrected chi connectivity index (χ0v) is 49.4. The molecule has 4 aromatic rings. The summed E-state index contributed by atoms with van der Waals surface area (Å²) in [6.07, 6.45) is 22.1. The van der Waals surface area contributed by atoms with Gasteiger partial charge in [-0.05, 0) is 111 Å². The van der Waals surface area contributed by atoms with E-state index in [2.05, 4.69) is 76.7 Å². The Morgan fingerprint density at radius 3 is 0.689 bits per heavy atom. The third kappa shape index (κ3) is 27.6. The second-order valence-corrected chi connectivity index (χ2v) is 19.2. The number of nitro benzene ring substituents is 2. The van der Waals surface area contributed by atoms with Crippen molar-refractivity contribution in [3.63, 3.8) is 0 Å². The van der Waals surface area contributed by atoms with E-state index < -0.39 is 21.9 Å². The number of quaternary nitrogens is 2. The Morgan fingerprint density at radius 1 is 0.351 bits per heavy atom. The van der Waals surface area contributed by atoms with Gasteiger partial charge in [-0.25, -0.2) is 9.59 Å². The number of urea groups is 2. The Hall–Kier alpha value is -4.90. The Morgan fingerprint density at radius 2 is 0.527 bits per heavy atom. The van der Waals surface area contributed by atoms with E-state index in [0.717, 1.165) is 11.1 Å². The van der Waals surface area contributed by atoms with Gasteiger partial charge in [-0.3, -0.25) is 20.2 Å². The molecular weight excluding hydrogens is 1060 g/mol. The summed E-state index contributed by atoms with van der Waals surface area (Å²) in [4.78, 5) is 44.8. The second-order valence-electron chi connectivity index (χ2n) is 19.2. The number of nitrogens with one attached hydrogen (secondary N) is 4. The first-order valence-electron chi connectivity index (χ1n) is 27.3. The van der Waals surface area contributed by atoms with Gasteiger partial charge in [0.15, 0.2) is 0 Å². The van der Waals surface area contributed by atoms with Gasteiger partial charge in [-0.2, -0.15) is 0 Å². The average molecular weight is 1160 g/mol. The van der Waals surface area contributed by atoms with E-state index in [9.17, 15) is 29.8 Å². The lowest BCUT2D eigenvalue weighted by Crippen LogP contribution is -3.00. The highest BCUT2D eigenvalue weighted by molar-refractivity contribution is 6.00. The number of nitro groups is 2. The van der Waals surface area contributed by atoms with Crippen molar-refractivity contribution in [1.82, 2.24) is 0 Å². The summed E-state index contributed by atoms with van der Waals surface area (Å²) in [6.45, 7) is 30.0. The maximum Gasteiger partial charge on any atom is 0.323 e. The summed E-state index contributed by atoms with van der Waals surface area (Å²) in [6, 6.07) is 24.2. The van der Waals surface area contributed by atoms with Crippen molar-refractivity contribution in [2.24, 2.45) is 0 Å². The molecule has 0 spiro atoms. The monoisotopic (exact) mass is 1150 g/mol. The van der Waals surface area contributed by atoms with Gasteiger partial charge in [-0.1, -0.05) is 131 Å². The van der Waals surface area contributed by atoms with Crippen molar-refractivity contribution in [2.75, 3.05) is 73.6 Å². The first-order valence-corrected chi connectivity index (χ1v) is 27.3. The fraction of sp³-hybridized carbons (Fsp3) is 0.552. The van der Waals surface area contributed by atoms with E-state index in [-0.39, 0.29) is 45.3 Å². The summed E-state index contributed by atoms with van der Waals surface area (Å²) < 4.78 is 2.84. The summed E-state index contributed by atoms with van der Waals surface area (Å²) in [5.74, 6) is 0. The molecule has 4 N–H and O–H groups in total. The molecule has 4 aromatic carbocycles. The molecule has 0 heterocycles. The average Bonchev–Trinajstić information content (AvgIpc) is 3.39. The van der Waals surface area contributed by atoms with Gasteiger partial charge in [-0.15, -0.1) is 0 Å². The lowest BCUT2D eigenvalue weighted by Gasteiger charge is -2.39. The molecule has 16 heteroatoms. The minimum Gasteiger partial charge on any atom is -1.00 e. The van der Waals surface area contributed by atoms with Crippen LogP contribution in [0.25, 0.3) is 11.1 Å². The van der Waals surface area contributed by atoms with E-state index in [1.54, 1.807) is 24.3 Å². The quantitative estimate of drug-likeness (QED) is 0.0222. The van der Waals surface area contributed by atoms with Crippen LogP contribution in [-0.2, 0) is 0 Å². The largest absolute Gasteiger partial charge is 1.00 e. The molecule has 0 saturated heterocycles. The third-order valence-electron chi connectivity index (χ3n) is 13.2. The molecule has 0 aromatic heterocycles. The molecule has 0 unspecified atom stereocenters. The van der Waals surface area contributed by atoms with Crippen LogP contribution in [0.15, 0.2) is 97.1 Å². The molecule has 414 valence electrons. The molecule has 0 aliphatic rings. The SMILES string of the molecule is CCCC[N+](CCCC)(CCCC)CCCC.CCCC[N+](CCCC)(CCCC)CCCC.O=C(Nc1ccc(-c2ccc(NC(=O)Nc3ccc([N+](=O)[O-])cc3)cc2)cc1)Nc1ccc([N+](=O)[O-])cc1.[Br-].[Br-]. The zero-order valence-electron chi connectivity index (χ0n) is 46.2. The second kappa shape index (κ2) is 40.4. The van der Waals surface area contributed by atoms with Gasteiger partial charge < -0.3 is 64.2 Å². The van der Waals surface area contributed by atoms with E-state index in [1.165, 1.54) is 213 Å². The van der Waals surface area contributed by atoms with Gasteiger partial charge in [0.25, 0.3) is 11.4 Å². The summed E-state index contributed by atoms with van der Waals surface area (Å²) in [7, 11) is 0. The number of anilines is 4. The summed E-state index contributed by atoms with van der Waals surface area (Å²) in [5, 5.41) is 32.0. The van der Waals surface area contributed by atoms with E-state index in [4.69, 9.17) is 0 Å². The van der Waals surface area contributed by atoms with E-state index >= 15 is 0 Å². The van der Waals surface area contributed by atoms with Gasteiger partial charge in [0, 0.05) is 47.0 Å². The fourth-order valence-electron chi connectivity index (χ4n) is 8.70. The number of carbonyl (C=O) groups excluding carboxylic acids is 2. The molecule has 0 bridgehead atoms. The minimum absolute atomic E-state index is 0. The van der Waals surface area contributed by atoms with Crippen LogP contribution in [0, 0.1) is 20.2 Å². The Balaban J connectivity index is 0.00000124. The van der Waals surface area contributed by atoms with Gasteiger partial charge >= 0.3 is 12.1 Å². The number of amides is 4. The van der Waals surface area contributed by atoms with E-state index in [1.807, 2.05) is 24.3 Å². The molecule has 0 saturated carbocycles. The van der Waals surface area contributed by atoms with Crippen molar-refractivity contribution < 1.29 is 62.4 Å². The van der Waals surface area contributed by atoms with Crippen molar-refractivity contribution in [3.8, 4) is 11.1 Å². The molecule has 74 heavy (non-hydrogen) atoms. The van der Waals surface area contributed by atoms with Crippen LogP contribution < -0.4 is 55.2 Å². The van der Waals surface area contributed by atoms with Crippen LogP contribution in [-0.4, -0.2) is 83.2 Å². The van der Waals surface area contributed by atoms with Crippen LogP contribution in [0.5, 0.6) is 0 Å². The number of hydrogen-bond acceptors (Lipinski definition) is 6. The molecular formula is C58H92Br2N8O6. The molecule has 4 rings (SSSR count). The summed E-state index contributed by atoms with van der Waals surface area (Å²) >= 11 is 0. The number of carbonyl (C=O) groups is 2. The fourth-order valence-corrected chi connectivity index (χ4v) is 8.70. The van der Waals surface area contributed by atoms with Crippen molar-refractivity contribution in [1.29, 1.82) is 0 Å². The standard InChI is InChI=1S/C26H20N6O6.2C16H36N.2BrH/c33-25(29-21-9-13-23(14-10-21)31(35)36)27-19-5-1-17(2-6-19)18-3-7-20(8-4-18)28-26(34)30-22-11-15-24(16-12-22)32(37)38;2*1-5-9-13-17(14-10-6-2,15-11-7-3)16-12-8-4;;/h1-16H,(H2,27,29,33)(H2,28,30,34);2*5-16H2,1-4H3;2*1H/q;2*+1;;/p-2. The van der Waals surface area contributed by atoms with Gasteiger partial charge in [0.2, 0.25) is 0 Å². The van der Waals surface area contributed by atoms with Crippen LogP contribution in [0.1, 0.15) is 158 Å². The molecule has 0 aliphatic heterocycles. The Kier molecular flexibility index (Phi) is 37.7. The smallest absolute Gasteiger partial charge is 0.323 e. The highest BCUT2D eigenvalue weighted by Crippen LogP contribution is 2.25. The zero-order chi connectivity index (χ0) is 53.0. The molecule has 0 aliphatic carbocycles. The third-order valence-corrected chi connectivity index (χ3v) is 13.2. The molecule has 0 atom stereocenters. The van der Waals surface area contributed by atoms with E-state index in [0.29, 0.717) is 22.7 Å². The first-order chi connectivity index (χ1) is 34.7. The van der Waals surface area contributed by atoms with Crippen LogP contribution in [0.2, 0.25) is 0 Å². The minimum atomic E-state index is -0.517. The highest BCUT2D eigenvalue weighted by Gasteiger charge is 2.26. The highest BCUT2D eigenvalue weighted by atomic mass is 79.9. The topological polar surface area (TPSA) is 169 Å². The number of non-ortho nitro benzene ring substituents is 2. The maximum atomic E-state index is 12.2. The number of halogens is 2. The van der Waals surface area contributed by atoms with Gasteiger partial charge in [0.05, 0.1) is 62.2 Å². The summed E-state index contributed by atoms with van der Waals surface area (Å²) in [5.41, 5.74) is 3.56. The predicted molar refractivity (Wildman–Crippen MR) is 302 cm³/mol. The van der Waals surface area contributed by atoms with Crippen molar-refractivity contribution >= 4 is 46.2 Å². The van der Waals surface area contributed by atoms with Crippen LogP contribution in [0.3, 0.4) is 0 Å². The number of unbranched alkanes of at least 4 members (excludes halogenated alkanes) is 8. The van der Waals surface area contributed by atoms with Crippen molar-refractivity contribution in [3.05, 3.63) is 117 Å². The normalized spacial score (nSPS) is 10.8. The number of rotatable bonds is 31. The Bertz CT molecular complexity index is 1880. The lowest BCUT2D eigenvalue weighted by atomic mass is 10.1. The van der Waals surface area contributed by atoms with Gasteiger partial charge in [0.1, 0.15) is 0 Å². The predicted octanol–water partition coefficient (Wildman–Crippen LogP) is 10.5. The molecule has 14 nitrogen and oxygen atoms in total. The van der Waals surface area contributed by atoms with Crippen LogP contribution in [0.4, 0.5) is 43.7 Å². The lowest BCUT2D eigenvalue weighted by molar-refractivity contribution is -0.929. The van der Waals surface area contributed by atoms with Crippen LogP contribution >= 0.6 is 0 Å². The van der Waals surface area contributed by atoms with Crippen molar-refractivity contribution in [2.45, 2.75) is 158 Å².